The van der Waals surface area contributed by atoms with Gasteiger partial charge in [-0.15, -0.1) is 11.3 Å². The van der Waals surface area contributed by atoms with Crippen LogP contribution in [0.25, 0.3) is 22.0 Å². The summed E-state index contributed by atoms with van der Waals surface area (Å²) in [6.07, 6.45) is 0. The first-order chi connectivity index (χ1) is 12.5. The molecule has 0 unspecified atom stereocenters. The van der Waals surface area contributed by atoms with Crippen molar-refractivity contribution >= 4 is 17.2 Å². The number of methoxy groups -OCH3 is 2. The normalized spacial score (nSPS) is 10.6. The number of carbonyl (C=O) groups is 1. The van der Waals surface area contributed by atoms with Crippen molar-refractivity contribution in [2.24, 2.45) is 0 Å². The largest absolute Gasteiger partial charge is 0.493 e. The second kappa shape index (κ2) is 7.61. The lowest BCUT2D eigenvalue weighted by molar-refractivity contribution is -0.119. The molecule has 0 aliphatic heterocycles. The van der Waals surface area contributed by atoms with E-state index < -0.39 is 0 Å². The van der Waals surface area contributed by atoms with Gasteiger partial charge in [0.15, 0.2) is 17.3 Å². The van der Waals surface area contributed by atoms with Crippen molar-refractivity contribution < 1.29 is 18.7 Å². The fourth-order valence-corrected chi connectivity index (χ4v) is 3.44. The molecule has 3 rings (SSSR count). The summed E-state index contributed by atoms with van der Waals surface area (Å²) in [5.41, 5.74) is 1.75. The first-order valence-corrected chi connectivity index (χ1v) is 8.86. The Labute approximate surface area is 155 Å². The van der Waals surface area contributed by atoms with Gasteiger partial charge in [0.05, 0.1) is 20.8 Å². The summed E-state index contributed by atoms with van der Waals surface area (Å²) in [6, 6.07) is 9.44. The number of rotatable bonds is 6. The highest BCUT2D eigenvalue weighted by Gasteiger charge is 2.16. The fraction of sp³-hybridized carbons (Fsp3) is 0.263. The summed E-state index contributed by atoms with van der Waals surface area (Å²) < 4.78 is 16.5. The smallest absolute Gasteiger partial charge is 0.217 e. The predicted octanol–water partition coefficient (Wildman–Crippen LogP) is 4.03. The van der Waals surface area contributed by atoms with Crippen LogP contribution in [0.4, 0.5) is 0 Å². The minimum atomic E-state index is -0.0940. The lowest BCUT2D eigenvalue weighted by Gasteiger charge is -2.08. The number of ether oxygens (including phenoxy) is 2. The molecule has 2 heterocycles. The van der Waals surface area contributed by atoms with Crippen molar-refractivity contribution in [2.75, 3.05) is 14.2 Å². The second-order valence-corrected chi connectivity index (χ2v) is 6.87. The van der Waals surface area contributed by atoms with Crippen molar-refractivity contribution in [3.8, 4) is 33.5 Å². The van der Waals surface area contributed by atoms with Crippen LogP contribution in [0.1, 0.15) is 17.6 Å². The van der Waals surface area contributed by atoms with Crippen LogP contribution < -0.4 is 14.8 Å². The Hall–Kier alpha value is -2.80. The van der Waals surface area contributed by atoms with E-state index in [4.69, 9.17) is 18.9 Å². The molecule has 0 fully saturated rings. The average molecular weight is 372 g/mol. The summed E-state index contributed by atoms with van der Waals surface area (Å²) in [5, 5.41) is 3.59. The summed E-state index contributed by atoms with van der Waals surface area (Å²) in [7, 11) is 3.22. The molecule has 136 valence electrons. The van der Waals surface area contributed by atoms with Gasteiger partial charge in [-0.3, -0.25) is 4.79 Å². The van der Waals surface area contributed by atoms with Crippen molar-refractivity contribution in [3.63, 3.8) is 0 Å². The Bertz CT molecular complexity index is 930. The molecule has 0 spiro atoms. The minimum Gasteiger partial charge on any atom is -0.493 e. The first-order valence-electron chi connectivity index (χ1n) is 8.05. The van der Waals surface area contributed by atoms with Gasteiger partial charge in [-0.1, -0.05) is 0 Å². The third kappa shape index (κ3) is 3.72. The number of amides is 1. The van der Waals surface area contributed by atoms with Gasteiger partial charge in [-0.2, -0.15) is 0 Å². The highest BCUT2D eigenvalue weighted by atomic mass is 32.1. The minimum absolute atomic E-state index is 0.0940. The van der Waals surface area contributed by atoms with Crippen molar-refractivity contribution in [1.82, 2.24) is 10.3 Å². The van der Waals surface area contributed by atoms with Crippen LogP contribution in [-0.2, 0) is 11.3 Å². The van der Waals surface area contributed by atoms with Crippen molar-refractivity contribution in [3.05, 3.63) is 41.0 Å². The molecule has 26 heavy (non-hydrogen) atoms. The SMILES string of the molecule is COc1ccc(-c2nc(-c3ccc(CNC(C)=O)o3)c(C)s2)cc1OC. The van der Waals surface area contributed by atoms with Gasteiger partial charge >= 0.3 is 0 Å². The van der Waals surface area contributed by atoms with Crippen molar-refractivity contribution in [1.29, 1.82) is 0 Å². The van der Waals surface area contributed by atoms with Gasteiger partial charge in [0.25, 0.3) is 0 Å². The monoisotopic (exact) mass is 372 g/mol. The lowest BCUT2D eigenvalue weighted by atomic mass is 10.2. The van der Waals surface area contributed by atoms with Crippen LogP contribution in [0.2, 0.25) is 0 Å². The molecule has 0 aliphatic carbocycles. The second-order valence-electron chi connectivity index (χ2n) is 5.67. The van der Waals surface area contributed by atoms with E-state index in [1.807, 2.05) is 37.3 Å². The Balaban J connectivity index is 1.89. The molecule has 2 aromatic heterocycles. The van der Waals surface area contributed by atoms with Gasteiger partial charge in [-0.05, 0) is 37.3 Å². The highest BCUT2D eigenvalue weighted by molar-refractivity contribution is 7.15. The number of benzene rings is 1. The van der Waals surface area contributed by atoms with Crippen LogP contribution in [0.3, 0.4) is 0 Å². The number of nitrogens with one attached hydrogen (secondary N) is 1. The van der Waals surface area contributed by atoms with E-state index in [1.165, 1.54) is 6.92 Å². The molecule has 0 saturated carbocycles. The molecule has 0 aliphatic rings. The number of carbonyl (C=O) groups excluding carboxylic acids is 1. The van der Waals surface area contributed by atoms with E-state index in [9.17, 15) is 4.79 Å². The number of aryl methyl sites for hydroxylation is 1. The van der Waals surface area contributed by atoms with Crippen molar-refractivity contribution in [2.45, 2.75) is 20.4 Å². The Morgan fingerprint density at radius 3 is 2.65 bits per heavy atom. The first kappa shape index (κ1) is 18.0. The van der Waals surface area contributed by atoms with Crippen LogP contribution >= 0.6 is 11.3 Å². The number of aromatic nitrogens is 1. The Morgan fingerprint density at radius 2 is 1.96 bits per heavy atom. The molecule has 0 saturated heterocycles. The molecule has 7 heteroatoms. The topological polar surface area (TPSA) is 73.6 Å². The molecule has 1 N–H and O–H groups in total. The van der Waals surface area contributed by atoms with Crippen LogP contribution in [0.5, 0.6) is 11.5 Å². The molecule has 1 amide bonds. The standard InChI is InChI=1S/C19H20N2O4S/c1-11-18(16-8-6-14(25-16)10-20-12(2)22)21-19(26-11)13-5-7-15(23-3)17(9-13)24-4/h5-9H,10H2,1-4H3,(H,20,22). The zero-order valence-electron chi connectivity index (χ0n) is 15.1. The molecule has 1 aromatic carbocycles. The van der Waals surface area contributed by atoms with E-state index in [-0.39, 0.29) is 5.91 Å². The van der Waals surface area contributed by atoms with E-state index in [1.54, 1.807) is 25.6 Å². The van der Waals surface area contributed by atoms with E-state index in [0.29, 0.717) is 29.6 Å². The molecule has 6 nitrogen and oxygen atoms in total. The number of hydrogen-bond acceptors (Lipinski definition) is 6. The number of thiazole rings is 1. The maximum Gasteiger partial charge on any atom is 0.217 e. The zero-order chi connectivity index (χ0) is 18.7. The predicted molar refractivity (Wildman–Crippen MR) is 101 cm³/mol. The maximum atomic E-state index is 11.0. The number of nitrogens with zero attached hydrogens (tertiary/aromatic N) is 1. The third-order valence-electron chi connectivity index (χ3n) is 3.83. The summed E-state index contributed by atoms with van der Waals surface area (Å²) in [4.78, 5) is 16.8. The molecule has 0 atom stereocenters. The molecular formula is C19H20N2O4S. The van der Waals surface area contributed by atoms with Gasteiger partial charge in [-0.25, -0.2) is 4.98 Å². The van der Waals surface area contributed by atoms with E-state index in [0.717, 1.165) is 21.1 Å². The zero-order valence-corrected chi connectivity index (χ0v) is 15.9. The maximum absolute atomic E-state index is 11.0. The molecule has 0 bridgehead atoms. The molecular weight excluding hydrogens is 352 g/mol. The van der Waals surface area contributed by atoms with Crippen LogP contribution in [-0.4, -0.2) is 25.1 Å². The fourth-order valence-electron chi connectivity index (χ4n) is 2.53. The van der Waals surface area contributed by atoms with E-state index in [2.05, 4.69) is 5.32 Å². The van der Waals surface area contributed by atoms with Gasteiger partial charge in [0.2, 0.25) is 5.91 Å². The summed E-state index contributed by atoms with van der Waals surface area (Å²) >= 11 is 1.59. The van der Waals surface area contributed by atoms with Gasteiger partial charge in [0.1, 0.15) is 16.5 Å². The number of furan rings is 1. The number of hydrogen-bond donors (Lipinski definition) is 1. The Morgan fingerprint density at radius 1 is 1.19 bits per heavy atom. The average Bonchev–Trinajstić information content (AvgIpc) is 3.25. The van der Waals surface area contributed by atoms with Gasteiger partial charge < -0.3 is 19.2 Å². The molecule has 0 radical (unpaired) electrons. The van der Waals surface area contributed by atoms with Crippen LogP contribution in [0.15, 0.2) is 34.7 Å². The quantitative estimate of drug-likeness (QED) is 0.707. The van der Waals surface area contributed by atoms with Gasteiger partial charge in [0, 0.05) is 17.4 Å². The summed E-state index contributed by atoms with van der Waals surface area (Å²) in [5.74, 6) is 2.62. The molecule has 3 aromatic rings. The third-order valence-corrected chi connectivity index (χ3v) is 4.85. The summed E-state index contributed by atoms with van der Waals surface area (Å²) in [6.45, 7) is 3.85. The lowest BCUT2D eigenvalue weighted by Crippen LogP contribution is -2.18. The van der Waals surface area contributed by atoms with E-state index >= 15 is 0 Å². The van der Waals surface area contributed by atoms with Crippen LogP contribution in [0, 0.1) is 6.92 Å². The highest BCUT2D eigenvalue weighted by Crippen LogP contribution is 2.37. The Kier molecular flexibility index (Phi) is 5.27.